The number of hydrogen-bond donors (Lipinski definition) is 1. The molecule has 1 aliphatic rings. The molecule has 2 rings (SSSR count). The molecule has 0 bridgehead atoms. The number of nitrogens with one attached hydrogen (secondary N) is 1. The lowest BCUT2D eigenvalue weighted by Crippen LogP contribution is -2.54. The Morgan fingerprint density at radius 3 is 2.17 bits per heavy atom. The van der Waals surface area contributed by atoms with Crippen LogP contribution in [-0.4, -0.2) is 64.0 Å². The van der Waals surface area contributed by atoms with E-state index in [9.17, 15) is 8.42 Å². The van der Waals surface area contributed by atoms with Crippen LogP contribution in [0.1, 0.15) is 19.4 Å². The van der Waals surface area contributed by atoms with Gasteiger partial charge in [0.15, 0.2) is 0 Å². The first kappa shape index (κ1) is 18.4. The summed E-state index contributed by atoms with van der Waals surface area (Å²) in [6.07, 6.45) is 0. The van der Waals surface area contributed by atoms with E-state index in [0.29, 0.717) is 17.4 Å². The first-order valence-electron chi connectivity index (χ1n) is 8.28. The number of sulfonamides is 1. The van der Waals surface area contributed by atoms with E-state index in [1.807, 2.05) is 19.1 Å². The average molecular weight is 340 g/mol. The molecule has 130 valence electrons. The zero-order chi connectivity index (χ0) is 17.0. The topological polar surface area (TPSA) is 52.7 Å². The van der Waals surface area contributed by atoms with Crippen molar-refractivity contribution in [2.45, 2.75) is 31.7 Å². The van der Waals surface area contributed by atoms with Gasteiger partial charge >= 0.3 is 0 Å². The summed E-state index contributed by atoms with van der Waals surface area (Å²) in [6, 6.07) is 7.21. The molecule has 1 aromatic rings. The van der Waals surface area contributed by atoms with Gasteiger partial charge < -0.3 is 4.90 Å². The zero-order valence-electron chi connectivity index (χ0n) is 14.6. The first-order chi connectivity index (χ1) is 10.8. The molecule has 1 saturated heterocycles. The Balaban J connectivity index is 2.02. The molecule has 6 heteroatoms. The largest absolute Gasteiger partial charge is 0.304 e. The molecule has 0 radical (unpaired) electrons. The highest BCUT2D eigenvalue weighted by molar-refractivity contribution is 7.89. The van der Waals surface area contributed by atoms with Crippen LogP contribution in [-0.2, 0) is 10.0 Å². The molecule has 1 heterocycles. The van der Waals surface area contributed by atoms with Crippen LogP contribution in [0.25, 0.3) is 0 Å². The predicted molar refractivity (Wildman–Crippen MR) is 94.1 cm³/mol. The van der Waals surface area contributed by atoms with E-state index in [1.165, 1.54) is 0 Å². The minimum absolute atomic E-state index is 0.226. The third-order valence-corrected chi connectivity index (χ3v) is 6.03. The molecule has 1 atom stereocenters. The molecule has 23 heavy (non-hydrogen) atoms. The second-order valence-electron chi connectivity index (χ2n) is 6.82. The fourth-order valence-electron chi connectivity index (χ4n) is 2.94. The van der Waals surface area contributed by atoms with Crippen LogP contribution < -0.4 is 4.72 Å². The molecular formula is C17H29N3O2S. The van der Waals surface area contributed by atoms with E-state index < -0.39 is 10.0 Å². The van der Waals surface area contributed by atoms with Crippen LogP contribution in [0, 0.1) is 12.8 Å². The highest BCUT2D eigenvalue weighted by Crippen LogP contribution is 2.15. The maximum absolute atomic E-state index is 12.5. The van der Waals surface area contributed by atoms with Crippen molar-refractivity contribution in [1.29, 1.82) is 0 Å². The van der Waals surface area contributed by atoms with E-state index in [0.717, 1.165) is 31.7 Å². The van der Waals surface area contributed by atoms with Crippen molar-refractivity contribution in [3.8, 4) is 0 Å². The van der Waals surface area contributed by atoms with E-state index in [-0.39, 0.29) is 6.04 Å². The van der Waals surface area contributed by atoms with Gasteiger partial charge in [0.2, 0.25) is 10.0 Å². The molecule has 1 aromatic carbocycles. The van der Waals surface area contributed by atoms with Gasteiger partial charge in [-0.25, -0.2) is 13.1 Å². The van der Waals surface area contributed by atoms with Gasteiger partial charge in [-0.05, 0) is 32.0 Å². The van der Waals surface area contributed by atoms with Gasteiger partial charge in [0.05, 0.1) is 4.90 Å². The molecule has 0 spiro atoms. The third-order valence-electron chi connectivity index (χ3n) is 4.59. The molecule has 0 amide bonds. The maximum Gasteiger partial charge on any atom is 0.240 e. The molecule has 0 aromatic heterocycles. The van der Waals surface area contributed by atoms with Gasteiger partial charge in [-0.15, -0.1) is 0 Å². The molecule has 1 N–H and O–H groups in total. The molecule has 5 nitrogen and oxygen atoms in total. The lowest BCUT2D eigenvalue weighted by molar-refractivity contribution is 0.0905. The molecular weight excluding hydrogens is 310 g/mol. The van der Waals surface area contributed by atoms with Crippen molar-refractivity contribution in [2.24, 2.45) is 5.92 Å². The minimum Gasteiger partial charge on any atom is -0.304 e. The number of nitrogens with zero attached hydrogens (tertiary/aromatic N) is 2. The van der Waals surface area contributed by atoms with Gasteiger partial charge in [-0.3, -0.25) is 4.90 Å². The third kappa shape index (κ3) is 5.01. The summed E-state index contributed by atoms with van der Waals surface area (Å²) >= 11 is 0. The first-order valence-corrected chi connectivity index (χ1v) is 9.77. The van der Waals surface area contributed by atoms with E-state index in [1.54, 1.807) is 12.1 Å². The van der Waals surface area contributed by atoms with E-state index in [2.05, 4.69) is 35.4 Å². The van der Waals surface area contributed by atoms with E-state index >= 15 is 0 Å². The smallest absolute Gasteiger partial charge is 0.240 e. The lowest BCUT2D eigenvalue weighted by atomic mass is 10.0. The van der Waals surface area contributed by atoms with E-state index in [4.69, 9.17) is 0 Å². The van der Waals surface area contributed by atoms with Crippen molar-refractivity contribution < 1.29 is 8.42 Å². The second-order valence-corrected chi connectivity index (χ2v) is 8.58. The predicted octanol–water partition coefficient (Wildman–Crippen LogP) is 1.55. The van der Waals surface area contributed by atoms with Crippen LogP contribution in [0.5, 0.6) is 0 Å². The van der Waals surface area contributed by atoms with Gasteiger partial charge in [-0.2, -0.15) is 0 Å². The quantitative estimate of drug-likeness (QED) is 0.854. The number of aryl methyl sites for hydroxylation is 1. The average Bonchev–Trinajstić information content (AvgIpc) is 2.49. The number of piperazine rings is 1. The van der Waals surface area contributed by atoms with Crippen molar-refractivity contribution in [2.75, 3.05) is 39.8 Å². The van der Waals surface area contributed by atoms with Crippen molar-refractivity contribution >= 4 is 10.0 Å². The van der Waals surface area contributed by atoms with Crippen molar-refractivity contribution in [3.63, 3.8) is 0 Å². The summed E-state index contributed by atoms with van der Waals surface area (Å²) in [4.78, 5) is 5.05. The van der Waals surface area contributed by atoms with Crippen LogP contribution in [0.2, 0.25) is 0 Å². The van der Waals surface area contributed by atoms with Gasteiger partial charge in [-0.1, -0.05) is 31.5 Å². The van der Waals surface area contributed by atoms with Crippen LogP contribution in [0.3, 0.4) is 0 Å². The SMILES string of the molecule is Cc1ccc(S(=O)(=O)NC[C@H](C(C)C)N2CCN(C)CC2)cc1. The number of rotatable bonds is 6. The highest BCUT2D eigenvalue weighted by Gasteiger charge is 2.26. The summed E-state index contributed by atoms with van der Waals surface area (Å²) < 4.78 is 27.7. The normalized spacial score (nSPS) is 19.2. The fraction of sp³-hybridized carbons (Fsp3) is 0.647. The molecule has 1 fully saturated rings. The Kier molecular flexibility index (Phi) is 6.19. The maximum atomic E-state index is 12.5. The lowest BCUT2D eigenvalue weighted by Gasteiger charge is -2.39. The van der Waals surface area contributed by atoms with Crippen LogP contribution in [0.4, 0.5) is 0 Å². The van der Waals surface area contributed by atoms with Crippen molar-refractivity contribution in [3.05, 3.63) is 29.8 Å². The van der Waals surface area contributed by atoms with Gasteiger partial charge in [0.1, 0.15) is 0 Å². The second kappa shape index (κ2) is 7.75. The Hall–Kier alpha value is -0.950. The summed E-state index contributed by atoms with van der Waals surface area (Å²) in [7, 11) is -1.32. The molecule has 1 aliphatic heterocycles. The standard InChI is InChI=1S/C17H29N3O2S/c1-14(2)17(20-11-9-19(4)10-12-20)13-18-23(21,22)16-7-5-15(3)6-8-16/h5-8,14,17-18H,9-13H2,1-4H3/t17-/m1/s1. The van der Waals surface area contributed by atoms with Crippen LogP contribution in [0.15, 0.2) is 29.2 Å². The van der Waals surface area contributed by atoms with Crippen LogP contribution >= 0.6 is 0 Å². The Morgan fingerprint density at radius 1 is 1.09 bits per heavy atom. The molecule has 0 unspecified atom stereocenters. The fourth-order valence-corrected chi connectivity index (χ4v) is 3.99. The van der Waals surface area contributed by atoms with Gasteiger partial charge in [0, 0.05) is 38.8 Å². The monoisotopic (exact) mass is 339 g/mol. The Morgan fingerprint density at radius 2 is 1.65 bits per heavy atom. The Bertz CT molecular complexity index is 591. The highest BCUT2D eigenvalue weighted by atomic mass is 32.2. The Labute approximate surface area is 140 Å². The number of benzene rings is 1. The molecule has 0 aliphatic carbocycles. The number of hydrogen-bond acceptors (Lipinski definition) is 4. The summed E-state index contributed by atoms with van der Waals surface area (Å²) in [5.41, 5.74) is 1.06. The summed E-state index contributed by atoms with van der Waals surface area (Å²) in [6.45, 7) is 10.8. The summed E-state index contributed by atoms with van der Waals surface area (Å²) in [5.74, 6) is 0.402. The zero-order valence-corrected chi connectivity index (χ0v) is 15.4. The summed E-state index contributed by atoms with van der Waals surface area (Å²) in [5, 5.41) is 0. The number of likely N-dealkylation sites (N-methyl/N-ethyl adjacent to an activating group) is 1. The van der Waals surface area contributed by atoms with Crippen molar-refractivity contribution in [1.82, 2.24) is 14.5 Å². The molecule has 0 saturated carbocycles. The minimum atomic E-state index is -3.44. The van der Waals surface area contributed by atoms with Gasteiger partial charge in [0.25, 0.3) is 0 Å².